The summed E-state index contributed by atoms with van der Waals surface area (Å²) in [7, 11) is 1.79. The van der Waals surface area contributed by atoms with E-state index in [1.807, 2.05) is 24.4 Å². The standard InChI is InChI=1S/C18H24N4O2.2ClH/c1-21(18(23)16-8-7-15(11-19)24-16)13-17-20-9-10-22(17)12-14-5-3-2-4-6-14;;/h2-6,9-10,15-16H,7-8,11-13,19H2,1H3;2*1H/t15-,16+;;/m1../s1. The summed E-state index contributed by atoms with van der Waals surface area (Å²) in [6, 6.07) is 10.2. The van der Waals surface area contributed by atoms with Crippen LogP contribution in [0, 0.1) is 0 Å². The number of hydrogen-bond acceptors (Lipinski definition) is 4. The van der Waals surface area contributed by atoms with Gasteiger partial charge in [-0.2, -0.15) is 0 Å². The molecule has 0 unspecified atom stereocenters. The second-order valence-electron chi connectivity index (χ2n) is 6.21. The van der Waals surface area contributed by atoms with Crippen molar-refractivity contribution < 1.29 is 9.53 Å². The number of hydrogen-bond donors (Lipinski definition) is 1. The third-order valence-corrected chi connectivity index (χ3v) is 4.40. The van der Waals surface area contributed by atoms with Crippen molar-refractivity contribution in [2.75, 3.05) is 13.6 Å². The maximum absolute atomic E-state index is 12.5. The van der Waals surface area contributed by atoms with Gasteiger partial charge in [0.15, 0.2) is 0 Å². The van der Waals surface area contributed by atoms with E-state index in [0.717, 1.165) is 25.2 Å². The first kappa shape index (κ1) is 22.4. The molecule has 0 spiro atoms. The average molecular weight is 401 g/mol. The molecule has 0 radical (unpaired) electrons. The quantitative estimate of drug-likeness (QED) is 0.806. The summed E-state index contributed by atoms with van der Waals surface area (Å²) in [5, 5.41) is 0. The van der Waals surface area contributed by atoms with Crippen molar-refractivity contribution in [2.24, 2.45) is 5.73 Å². The number of nitrogens with zero attached hydrogens (tertiary/aromatic N) is 3. The van der Waals surface area contributed by atoms with E-state index >= 15 is 0 Å². The van der Waals surface area contributed by atoms with E-state index in [0.29, 0.717) is 13.1 Å². The van der Waals surface area contributed by atoms with Gasteiger partial charge in [-0.15, -0.1) is 24.8 Å². The van der Waals surface area contributed by atoms with Crippen LogP contribution in [0.3, 0.4) is 0 Å². The Morgan fingerprint density at radius 2 is 2.04 bits per heavy atom. The van der Waals surface area contributed by atoms with E-state index in [1.165, 1.54) is 5.56 Å². The minimum absolute atomic E-state index is 0. The predicted octanol–water partition coefficient (Wildman–Crippen LogP) is 2.24. The minimum Gasteiger partial charge on any atom is -0.364 e. The van der Waals surface area contributed by atoms with E-state index in [-0.39, 0.29) is 42.9 Å². The highest BCUT2D eigenvalue weighted by atomic mass is 35.5. The predicted molar refractivity (Wildman–Crippen MR) is 106 cm³/mol. The highest BCUT2D eigenvalue weighted by molar-refractivity contribution is 5.85. The number of amides is 1. The normalized spacial score (nSPS) is 18.7. The van der Waals surface area contributed by atoms with E-state index < -0.39 is 0 Å². The lowest BCUT2D eigenvalue weighted by molar-refractivity contribution is -0.142. The SMILES string of the molecule is CN(Cc1nccn1Cc1ccccc1)C(=O)[C@@H]1CC[C@H](CN)O1.Cl.Cl. The molecule has 1 aromatic heterocycles. The van der Waals surface area contributed by atoms with Gasteiger partial charge in [0.05, 0.1) is 12.6 Å². The van der Waals surface area contributed by atoms with Gasteiger partial charge < -0.3 is 19.9 Å². The molecule has 0 saturated carbocycles. The highest BCUT2D eigenvalue weighted by Gasteiger charge is 2.32. The van der Waals surface area contributed by atoms with Crippen molar-refractivity contribution in [1.29, 1.82) is 0 Å². The Kier molecular flexibility index (Phi) is 9.08. The molecule has 26 heavy (non-hydrogen) atoms. The fraction of sp³-hybridized carbons (Fsp3) is 0.444. The van der Waals surface area contributed by atoms with Crippen molar-refractivity contribution in [1.82, 2.24) is 14.5 Å². The Bertz CT molecular complexity index is 681. The number of carbonyl (C=O) groups is 1. The number of carbonyl (C=O) groups excluding carboxylic acids is 1. The molecule has 6 nitrogen and oxygen atoms in total. The highest BCUT2D eigenvalue weighted by Crippen LogP contribution is 2.21. The molecule has 0 aliphatic carbocycles. The van der Waals surface area contributed by atoms with Gasteiger partial charge in [-0.25, -0.2) is 4.98 Å². The van der Waals surface area contributed by atoms with Gasteiger partial charge in [-0.3, -0.25) is 4.79 Å². The fourth-order valence-corrected chi connectivity index (χ4v) is 3.01. The average Bonchev–Trinajstić information content (AvgIpc) is 3.25. The van der Waals surface area contributed by atoms with Crippen LogP contribution < -0.4 is 5.73 Å². The van der Waals surface area contributed by atoms with Crippen molar-refractivity contribution in [3.63, 3.8) is 0 Å². The van der Waals surface area contributed by atoms with Crippen LogP contribution in [0.4, 0.5) is 0 Å². The molecule has 1 aromatic carbocycles. The molecule has 3 rings (SSSR count). The molecule has 1 saturated heterocycles. The summed E-state index contributed by atoms with van der Waals surface area (Å²) < 4.78 is 7.76. The van der Waals surface area contributed by atoms with Crippen molar-refractivity contribution in [3.8, 4) is 0 Å². The number of ether oxygens (including phenoxy) is 1. The monoisotopic (exact) mass is 400 g/mol. The summed E-state index contributed by atoms with van der Waals surface area (Å²) in [5.74, 6) is 0.864. The van der Waals surface area contributed by atoms with Crippen molar-refractivity contribution in [3.05, 3.63) is 54.1 Å². The lowest BCUT2D eigenvalue weighted by atomic mass is 10.2. The molecule has 2 N–H and O–H groups in total. The molecule has 0 bridgehead atoms. The van der Waals surface area contributed by atoms with Crippen LogP contribution >= 0.6 is 24.8 Å². The van der Waals surface area contributed by atoms with Gasteiger partial charge in [0.2, 0.25) is 0 Å². The molecule has 2 heterocycles. The van der Waals surface area contributed by atoms with Gasteiger partial charge in [0.25, 0.3) is 5.91 Å². The van der Waals surface area contributed by atoms with Crippen molar-refractivity contribution in [2.45, 2.75) is 38.1 Å². The zero-order valence-electron chi connectivity index (χ0n) is 14.8. The second-order valence-corrected chi connectivity index (χ2v) is 6.21. The summed E-state index contributed by atoms with van der Waals surface area (Å²) in [6.07, 6.45) is 4.94. The third kappa shape index (κ3) is 5.45. The number of aromatic nitrogens is 2. The molecule has 2 atom stereocenters. The van der Waals surface area contributed by atoms with Gasteiger partial charge in [0, 0.05) is 32.5 Å². The summed E-state index contributed by atoms with van der Waals surface area (Å²) >= 11 is 0. The molecular formula is C18H26Cl2N4O2. The molecular weight excluding hydrogens is 375 g/mol. The van der Waals surface area contributed by atoms with Crippen LogP contribution in [0.15, 0.2) is 42.7 Å². The Morgan fingerprint density at radius 3 is 2.69 bits per heavy atom. The molecule has 144 valence electrons. The molecule has 1 aliphatic heterocycles. The van der Waals surface area contributed by atoms with Crippen LogP contribution in [-0.4, -0.2) is 46.2 Å². The zero-order valence-corrected chi connectivity index (χ0v) is 16.4. The largest absolute Gasteiger partial charge is 0.364 e. The van der Waals surface area contributed by atoms with Crippen LogP contribution in [0.1, 0.15) is 24.2 Å². The molecule has 1 fully saturated rings. The lowest BCUT2D eigenvalue weighted by Gasteiger charge is -2.21. The topological polar surface area (TPSA) is 73.4 Å². The lowest BCUT2D eigenvalue weighted by Crippen LogP contribution is -2.37. The van der Waals surface area contributed by atoms with E-state index in [4.69, 9.17) is 10.5 Å². The summed E-state index contributed by atoms with van der Waals surface area (Å²) in [4.78, 5) is 18.6. The third-order valence-electron chi connectivity index (χ3n) is 4.40. The maximum Gasteiger partial charge on any atom is 0.251 e. The Balaban J connectivity index is 0.00000169. The van der Waals surface area contributed by atoms with E-state index in [1.54, 1.807) is 18.1 Å². The maximum atomic E-state index is 12.5. The van der Waals surface area contributed by atoms with Crippen LogP contribution in [0.25, 0.3) is 0 Å². The Hall–Kier alpha value is -1.60. The molecule has 8 heteroatoms. The smallest absolute Gasteiger partial charge is 0.251 e. The Morgan fingerprint density at radius 1 is 1.31 bits per heavy atom. The fourth-order valence-electron chi connectivity index (χ4n) is 3.01. The number of halogens is 2. The van der Waals surface area contributed by atoms with Crippen molar-refractivity contribution >= 4 is 30.7 Å². The number of imidazole rings is 1. The van der Waals surface area contributed by atoms with Crippen LogP contribution in [0.5, 0.6) is 0 Å². The number of likely N-dealkylation sites (N-methyl/N-ethyl adjacent to an activating group) is 1. The van der Waals surface area contributed by atoms with Gasteiger partial charge in [-0.05, 0) is 18.4 Å². The first-order chi connectivity index (χ1) is 11.7. The van der Waals surface area contributed by atoms with Crippen LogP contribution in [-0.2, 0) is 22.6 Å². The molecule has 1 aliphatic rings. The molecule has 1 amide bonds. The van der Waals surface area contributed by atoms with Crippen LogP contribution in [0.2, 0.25) is 0 Å². The number of rotatable bonds is 6. The van der Waals surface area contributed by atoms with E-state index in [2.05, 4.69) is 21.7 Å². The summed E-state index contributed by atoms with van der Waals surface area (Å²) in [6.45, 7) is 1.67. The first-order valence-corrected chi connectivity index (χ1v) is 8.32. The second kappa shape index (κ2) is 10.5. The number of nitrogens with two attached hydrogens (primary N) is 1. The first-order valence-electron chi connectivity index (χ1n) is 8.32. The van der Waals surface area contributed by atoms with Gasteiger partial charge >= 0.3 is 0 Å². The van der Waals surface area contributed by atoms with Gasteiger partial charge in [-0.1, -0.05) is 30.3 Å². The zero-order chi connectivity index (χ0) is 16.9. The van der Waals surface area contributed by atoms with E-state index in [9.17, 15) is 4.79 Å². The summed E-state index contributed by atoms with van der Waals surface area (Å²) in [5.41, 5.74) is 6.82. The Labute approximate surface area is 166 Å². The molecule has 2 aromatic rings. The number of benzene rings is 1. The van der Waals surface area contributed by atoms with Gasteiger partial charge in [0.1, 0.15) is 11.9 Å². The minimum atomic E-state index is -0.374.